The van der Waals surface area contributed by atoms with E-state index in [2.05, 4.69) is 15.6 Å². The van der Waals surface area contributed by atoms with Gasteiger partial charge in [0.05, 0.1) is 12.1 Å². The Morgan fingerprint density at radius 2 is 2.12 bits per heavy atom. The van der Waals surface area contributed by atoms with Crippen molar-refractivity contribution in [2.45, 2.75) is 26.7 Å². The molecule has 2 amide bonds. The Labute approximate surface area is 159 Å². The molecule has 0 bridgehead atoms. The highest BCUT2D eigenvalue weighted by atomic mass is 35.5. The number of amides is 2. The van der Waals surface area contributed by atoms with Crippen LogP contribution in [0.1, 0.15) is 26.0 Å². The van der Waals surface area contributed by atoms with Crippen molar-refractivity contribution in [1.29, 1.82) is 0 Å². The number of anilines is 1. The molecule has 1 saturated heterocycles. The van der Waals surface area contributed by atoms with E-state index in [0.717, 1.165) is 31.7 Å². The number of thiazole rings is 1. The maximum Gasteiger partial charge on any atom is 0.228 e. The molecule has 0 saturated carbocycles. The molecule has 1 aliphatic heterocycles. The first-order valence-corrected chi connectivity index (χ1v) is 8.55. The molecule has 0 aromatic carbocycles. The van der Waals surface area contributed by atoms with Crippen molar-refractivity contribution in [3.8, 4) is 0 Å². The second kappa shape index (κ2) is 10.9. The van der Waals surface area contributed by atoms with Crippen LogP contribution in [0.5, 0.6) is 0 Å². The van der Waals surface area contributed by atoms with E-state index in [1.54, 1.807) is 0 Å². The van der Waals surface area contributed by atoms with E-state index in [-0.39, 0.29) is 42.5 Å². The van der Waals surface area contributed by atoms with Crippen molar-refractivity contribution in [2.75, 3.05) is 32.0 Å². The summed E-state index contributed by atoms with van der Waals surface area (Å²) in [6, 6.07) is 0. The number of carbonyl (C=O) groups excluding carboxylic acids is 2. The minimum Gasteiger partial charge on any atom is -0.342 e. The molecule has 0 aliphatic carbocycles. The number of nitrogens with zero attached hydrogens (tertiary/aromatic N) is 2. The van der Waals surface area contributed by atoms with Crippen LogP contribution in [0.15, 0.2) is 5.38 Å². The van der Waals surface area contributed by atoms with E-state index < -0.39 is 0 Å². The zero-order chi connectivity index (χ0) is 16.1. The second-order valence-electron chi connectivity index (χ2n) is 6.02. The summed E-state index contributed by atoms with van der Waals surface area (Å²) in [5.41, 5.74) is 0.728. The molecule has 1 atom stereocenters. The van der Waals surface area contributed by atoms with Crippen molar-refractivity contribution in [3.05, 3.63) is 11.1 Å². The van der Waals surface area contributed by atoms with Gasteiger partial charge in [-0.25, -0.2) is 4.98 Å². The summed E-state index contributed by atoms with van der Waals surface area (Å²) in [6.07, 6.45) is 1.36. The van der Waals surface area contributed by atoms with Gasteiger partial charge in [0.1, 0.15) is 0 Å². The average molecular weight is 397 g/mol. The molecule has 2 rings (SSSR count). The van der Waals surface area contributed by atoms with E-state index in [4.69, 9.17) is 0 Å². The number of hydrogen-bond donors (Lipinski definition) is 2. The fourth-order valence-electron chi connectivity index (χ4n) is 2.48. The van der Waals surface area contributed by atoms with Gasteiger partial charge < -0.3 is 15.5 Å². The average Bonchev–Trinajstić information content (AvgIpc) is 3.09. The van der Waals surface area contributed by atoms with E-state index in [1.165, 1.54) is 11.3 Å². The van der Waals surface area contributed by atoms with Crippen LogP contribution in [0.2, 0.25) is 0 Å². The third kappa shape index (κ3) is 6.55. The fourth-order valence-corrected chi connectivity index (χ4v) is 3.19. The largest absolute Gasteiger partial charge is 0.342 e. The van der Waals surface area contributed by atoms with Crippen molar-refractivity contribution in [2.24, 2.45) is 11.8 Å². The predicted octanol–water partition coefficient (Wildman–Crippen LogP) is 2.19. The van der Waals surface area contributed by atoms with E-state index in [1.807, 2.05) is 31.2 Å². The van der Waals surface area contributed by atoms with Crippen LogP contribution in [-0.2, 0) is 16.0 Å². The Balaban J connectivity index is 0.00000264. The predicted molar refractivity (Wildman–Crippen MR) is 102 cm³/mol. The van der Waals surface area contributed by atoms with Crippen LogP contribution in [0.4, 0.5) is 5.13 Å². The van der Waals surface area contributed by atoms with E-state index >= 15 is 0 Å². The topological polar surface area (TPSA) is 74.3 Å². The zero-order valence-electron chi connectivity index (χ0n) is 14.2. The SMILES string of the molecule is CNCC1CCN(C(=O)Cc2csc(NC(=O)C(C)C)n2)C1.Cl.Cl. The molecule has 1 aromatic rings. The van der Waals surface area contributed by atoms with Gasteiger partial charge in [-0.05, 0) is 25.9 Å². The van der Waals surface area contributed by atoms with E-state index in [9.17, 15) is 9.59 Å². The molecule has 1 aromatic heterocycles. The lowest BCUT2D eigenvalue weighted by Crippen LogP contribution is -2.31. The van der Waals surface area contributed by atoms with Gasteiger partial charge in [-0.1, -0.05) is 13.8 Å². The smallest absolute Gasteiger partial charge is 0.228 e. The van der Waals surface area contributed by atoms with Crippen molar-refractivity contribution >= 4 is 53.1 Å². The van der Waals surface area contributed by atoms with Crippen LogP contribution in [0.25, 0.3) is 0 Å². The Kier molecular flexibility index (Phi) is 10.5. The van der Waals surface area contributed by atoms with Crippen molar-refractivity contribution in [1.82, 2.24) is 15.2 Å². The van der Waals surface area contributed by atoms with Crippen LogP contribution >= 0.6 is 36.2 Å². The first kappa shape index (κ1) is 23.1. The Morgan fingerprint density at radius 1 is 1.42 bits per heavy atom. The number of nitrogens with one attached hydrogen (secondary N) is 2. The molecule has 0 radical (unpaired) electrons. The van der Waals surface area contributed by atoms with Gasteiger partial charge in [-0.2, -0.15) is 0 Å². The minimum atomic E-state index is -0.0808. The number of halogens is 2. The number of likely N-dealkylation sites (tertiary alicyclic amines) is 1. The Bertz CT molecular complexity index is 539. The molecule has 9 heteroatoms. The maximum atomic E-state index is 12.3. The highest BCUT2D eigenvalue weighted by Gasteiger charge is 2.26. The molecule has 2 heterocycles. The Morgan fingerprint density at radius 3 is 2.75 bits per heavy atom. The summed E-state index contributed by atoms with van der Waals surface area (Å²) in [5.74, 6) is 0.528. The van der Waals surface area contributed by atoms with Crippen molar-refractivity contribution in [3.63, 3.8) is 0 Å². The van der Waals surface area contributed by atoms with Gasteiger partial charge in [0.2, 0.25) is 11.8 Å². The van der Waals surface area contributed by atoms with Crippen LogP contribution in [-0.4, -0.2) is 48.4 Å². The number of hydrogen-bond acceptors (Lipinski definition) is 5. The van der Waals surface area contributed by atoms with Crippen molar-refractivity contribution < 1.29 is 9.59 Å². The molecule has 0 spiro atoms. The molecule has 6 nitrogen and oxygen atoms in total. The Hall–Kier alpha value is -0.890. The molecule has 24 heavy (non-hydrogen) atoms. The highest BCUT2D eigenvalue weighted by molar-refractivity contribution is 7.13. The second-order valence-corrected chi connectivity index (χ2v) is 6.87. The molecule has 138 valence electrons. The summed E-state index contributed by atoms with van der Waals surface area (Å²) in [5, 5.41) is 8.33. The van der Waals surface area contributed by atoms with Gasteiger partial charge in [0.25, 0.3) is 0 Å². The number of carbonyl (C=O) groups is 2. The molecule has 1 aliphatic rings. The monoisotopic (exact) mass is 396 g/mol. The summed E-state index contributed by atoms with van der Waals surface area (Å²) < 4.78 is 0. The molecular formula is C15H26Cl2N4O2S. The molecular weight excluding hydrogens is 371 g/mol. The number of rotatable bonds is 6. The quantitative estimate of drug-likeness (QED) is 0.772. The zero-order valence-corrected chi connectivity index (χ0v) is 16.7. The summed E-state index contributed by atoms with van der Waals surface area (Å²) in [6.45, 7) is 6.27. The lowest BCUT2D eigenvalue weighted by atomic mass is 10.1. The lowest BCUT2D eigenvalue weighted by Gasteiger charge is -2.15. The van der Waals surface area contributed by atoms with Gasteiger partial charge in [-0.3, -0.25) is 9.59 Å². The first-order chi connectivity index (χ1) is 10.5. The first-order valence-electron chi connectivity index (χ1n) is 7.67. The molecule has 1 unspecified atom stereocenters. The standard InChI is InChI=1S/C15H24N4O2S.2ClH/c1-10(2)14(21)18-15-17-12(9-22-15)6-13(20)19-5-4-11(8-19)7-16-3;;/h9-11,16H,4-8H2,1-3H3,(H,17,18,21);2*1H. The van der Waals surface area contributed by atoms with Gasteiger partial charge in [0, 0.05) is 24.4 Å². The van der Waals surface area contributed by atoms with Crippen LogP contribution in [0, 0.1) is 11.8 Å². The van der Waals surface area contributed by atoms with Gasteiger partial charge in [-0.15, -0.1) is 36.2 Å². The number of aromatic nitrogens is 1. The summed E-state index contributed by atoms with van der Waals surface area (Å²) >= 11 is 1.36. The van der Waals surface area contributed by atoms with Gasteiger partial charge >= 0.3 is 0 Å². The highest BCUT2D eigenvalue weighted by Crippen LogP contribution is 2.20. The summed E-state index contributed by atoms with van der Waals surface area (Å²) in [7, 11) is 1.94. The van der Waals surface area contributed by atoms with Crippen LogP contribution < -0.4 is 10.6 Å². The summed E-state index contributed by atoms with van der Waals surface area (Å²) in [4.78, 5) is 30.1. The minimum absolute atomic E-state index is 0. The molecule has 1 fully saturated rings. The van der Waals surface area contributed by atoms with Crippen LogP contribution in [0.3, 0.4) is 0 Å². The lowest BCUT2D eigenvalue weighted by molar-refractivity contribution is -0.129. The fraction of sp³-hybridized carbons (Fsp3) is 0.667. The maximum absolute atomic E-state index is 12.3. The third-order valence-corrected chi connectivity index (χ3v) is 4.58. The normalized spacial score (nSPS) is 16.5. The van der Waals surface area contributed by atoms with Gasteiger partial charge in [0.15, 0.2) is 5.13 Å². The van der Waals surface area contributed by atoms with E-state index in [0.29, 0.717) is 17.5 Å². The molecule has 2 N–H and O–H groups in total. The third-order valence-electron chi connectivity index (χ3n) is 3.77.